The average molecular weight is 480 g/mol. The fourth-order valence-electron chi connectivity index (χ4n) is 1.17. The average Bonchev–Trinajstić information content (AvgIpc) is 2.16. The smallest absolute Gasteiger partial charge is 0.308 e. The topological polar surface area (TPSA) is 26.3 Å². The predicted molar refractivity (Wildman–Crippen MR) is 78.9 cm³/mol. The highest BCUT2D eigenvalue weighted by atomic mass is 79.9. The van der Waals surface area contributed by atoms with Gasteiger partial charge in [-0.3, -0.25) is 4.79 Å². The summed E-state index contributed by atoms with van der Waals surface area (Å²) in [5.41, 5.74) is 2.06. The van der Waals surface area contributed by atoms with Gasteiger partial charge in [0.1, 0.15) is 5.75 Å². The minimum Gasteiger partial charge on any atom is -0.427 e. The highest BCUT2D eigenvalue weighted by molar-refractivity contribution is 9.24. The Morgan fingerprint density at radius 1 is 1.12 bits per heavy atom. The second-order valence-electron chi connectivity index (χ2n) is 2.99. The number of benzene rings is 1. The molecule has 0 aliphatic heterocycles. The van der Waals surface area contributed by atoms with E-state index < -0.39 is 0 Å². The molecular weight excluding hydrogens is 472 g/mol. The Bertz CT molecular complexity index is 390. The minimum absolute atomic E-state index is 0.00288. The molecule has 0 atom stereocenters. The third-order valence-corrected chi connectivity index (χ3v) is 3.76. The van der Waals surface area contributed by atoms with Crippen LogP contribution in [-0.4, -0.2) is 5.97 Å². The Hall–Kier alpha value is 0.610. The molecular formula is C10H8Br4O2. The largest absolute Gasteiger partial charge is 0.427 e. The second-order valence-corrected chi connectivity index (χ2v) is 9.11. The van der Waals surface area contributed by atoms with Crippen LogP contribution in [0.3, 0.4) is 0 Å². The summed E-state index contributed by atoms with van der Waals surface area (Å²) in [7, 11) is 0. The molecule has 88 valence electrons. The van der Waals surface area contributed by atoms with E-state index in [4.69, 9.17) is 4.74 Å². The maximum absolute atomic E-state index is 10.8. The molecule has 0 amide bonds. The predicted octanol–water partition coefficient (Wildman–Crippen LogP) is 5.19. The van der Waals surface area contributed by atoms with E-state index in [-0.39, 0.29) is 13.4 Å². The molecule has 6 heteroatoms. The first-order valence-corrected chi connectivity index (χ1v) is 7.96. The van der Waals surface area contributed by atoms with Crippen molar-refractivity contribution >= 4 is 69.7 Å². The van der Waals surface area contributed by atoms with E-state index in [9.17, 15) is 4.79 Å². The highest BCUT2D eigenvalue weighted by Gasteiger charge is 2.15. The first-order chi connectivity index (χ1) is 7.41. The Morgan fingerprint density at radius 3 is 2.12 bits per heavy atom. The lowest BCUT2D eigenvalue weighted by Gasteiger charge is -2.13. The molecule has 0 N–H and O–H groups in total. The maximum atomic E-state index is 10.8. The number of carbonyl (C=O) groups excluding carboxylic acids is 1. The Morgan fingerprint density at radius 2 is 1.69 bits per heavy atom. The van der Waals surface area contributed by atoms with Crippen molar-refractivity contribution < 1.29 is 9.53 Å². The number of alkyl halides is 4. The fourth-order valence-corrected chi connectivity index (χ4v) is 2.80. The van der Waals surface area contributed by atoms with Crippen LogP contribution in [0.15, 0.2) is 18.2 Å². The molecule has 1 rings (SSSR count). The molecule has 2 nitrogen and oxygen atoms in total. The van der Waals surface area contributed by atoms with Gasteiger partial charge < -0.3 is 4.74 Å². The molecule has 0 unspecified atom stereocenters. The second kappa shape index (κ2) is 6.52. The zero-order valence-electron chi connectivity index (χ0n) is 8.22. The molecule has 0 heterocycles. The molecule has 0 saturated heterocycles. The maximum Gasteiger partial charge on any atom is 0.308 e. The van der Waals surface area contributed by atoms with E-state index in [2.05, 4.69) is 63.7 Å². The normalized spacial score (nSPS) is 10.9. The van der Waals surface area contributed by atoms with Crippen LogP contribution in [-0.2, 0) is 4.79 Å². The summed E-state index contributed by atoms with van der Waals surface area (Å²) in [6.07, 6.45) is 0. The van der Waals surface area contributed by atoms with Crippen LogP contribution in [0.5, 0.6) is 5.75 Å². The van der Waals surface area contributed by atoms with Crippen molar-refractivity contribution in [2.75, 3.05) is 0 Å². The van der Waals surface area contributed by atoms with Gasteiger partial charge in [0.2, 0.25) is 0 Å². The summed E-state index contributed by atoms with van der Waals surface area (Å²) >= 11 is 13.8. The molecule has 0 spiro atoms. The number of hydrogen-bond acceptors (Lipinski definition) is 2. The van der Waals surface area contributed by atoms with Gasteiger partial charge in [-0.25, -0.2) is 0 Å². The van der Waals surface area contributed by atoms with Crippen molar-refractivity contribution in [2.24, 2.45) is 0 Å². The molecule has 0 aromatic heterocycles. The number of hydrogen-bond donors (Lipinski definition) is 0. The van der Waals surface area contributed by atoms with Gasteiger partial charge in [0.05, 0.1) is 7.47 Å². The van der Waals surface area contributed by atoms with E-state index in [1.165, 1.54) is 6.92 Å². The van der Waals surface area contributed by atoms with Gasteiger partial charge in [0.15, 0.2) is 0 Å². The van der Waals surface area contributed by atoms with Gasteiger partial charge in [-0.1, -0.05) is 69.8 Å². The zero-order valence-corrected chi connectivity index (χ0v) is 14.6. The van der Waals surface area contributed by atoms with Crippen LogP contribution in [0.2, 0.25) is 0 Å². The summed E-state index contributed by atoms with van der Waals surface area (Å²) in [6.45, 7) is 1.38. The molecule has 0 fully saturated rings. The number of rotatable bonds is 3. The Labute approximate surface area is 128 Å². The lowest BCUT2D eigenvalue weighted by molar-refractivity contribution is -0.131. The van der Waals surface area contributed by atoms with Crippen molar-refractivity contribution in [2.45, 2.75) is 14.4 Å². The Kier molecular flexibility index (Phi) is 5.98. The van der Waals surface area contributed by atoms with Gasteiger partial charge in [0.25, 0.3) is 0 Å². The van der Waals surface area contributed by atoms with Crippen molar-refractivity contribution in [1.29, 1.82) is 0 Å². The fraction of sp³-hybridized carbons (Fsp3) is 0.300. The summed E-state index contributed by atoms with van der Waals surface area (Å²) < 4.78 is 5.09. The van der Waals surface area contributed by atoms with Gasteiger partial charge >= 0.3 is 5.97 Å². The third-order valence-electron chi connectivity index (χ3n) is 1.79. The van der Waals surface area contributed by atoms with E-state index in [1.54, 1.807) is 6.07 Å². The van der Waals surface area contributed by atoms with Crippen LogP contribution in [0.4, 0.5) is 0 Å². The molecule has 16 heavy (non-hydrogen) atoms. The molecule has 0 radical (unpaired) electrons. The van der Waals surface area contributed by atoms with Crippen LogP contribution >= 0.6 is 63.7 Å². The van der Waals surface area contributed by atoms with Crippen molar-refractivity contribution in [3.63, 3.8) is 0 Å². The van der Waals surface area contributed by atoms with E-state index >= 15 is 0 Å². The highest BCUT2D eigenvalue weighted by Crippen LogP contribution is 2.41. The lowest BCUT2D eigenvalue weighted by Crippen LogP contribution is -2.02. The molecule has 0 saturated carbocycles. The lowest BCUT2D eigenvalue weighted by atomic mass is 10.1. The number of esters is 1. The first-order valence-electron chi connectivity index (χ1n) is 4.30. The monoisotopic (exact) mass is 476 g/mol. The summed E-state index contributed by atoms with van der Waals surface area (Å²) in [5.74, 6) is 0.212. The minimum atomic E-state index is -0.325. The molecule has 0 bridgehead atoms. The first kappa shape index (κ1) is 14.7. The van der Waals surface area contributed by atoms with E-state index in [0.29, 0.717) is 5.75 Å². The van der Waals surface area contributed by atoms with E-state index in [0.717, 1.165) is 11.1 Å². The van der Waals surface area contributed by atoms with Gasteiger partial charge in [0, 0.05) is 6.92 Å². The third kappa shape index (κ3) is 4.13. The van der Waals surface area contributed by atoms with Gasteiger partial charge in [-0.2, -0.15) is 0 Å². The number of halogens is 4. The summed E-state index contributed by atoms with van der Waals surface area (Å²) in [5, 5.41) is 0. The van der Waals surface area contributed by atoms with Crippen molar-refractivity contribution in [3.05, 3.63) is 29.3 Å². The molecule has 0 aliphatic rings. The van der Waals surface area contributed by atoms with Crippen LogP contribution < -0.4 is 4.74 Å². The van der Waals surface area contributed by atoms with E-state index in [1.807, 2.05) is 12.1 Å². The zero-order chi connectivity index (χ0) is 12.3. The van der Waals surface area contributed by atoms with Crippen molar-refractivity contribution in [3.8, 4) is 5.75 Å². The van der Waals surface area contributed by atoms with Crippen LogP contribution in [0.25, 0.3) is 0 Å². The van der Waals surface area contributed by atoms with Gasteiger partial charge in [-0.15, -0.1) is 0 Å². The summed E-state index contributed by atoms with van der Waals surface area (Å²) in [4.78, 5) is 10.8. The van der Waals surface area contributed by atoms with Gasteiger partial charge in [-0.05, 0) is 23.3 Å². The SMILES string of the molecule is CC(=O)Oc1ccc(C(Br)Br)c(C(Br)Br)c1. The summed E-state index contributed by atoms with van der Waals surface area (Å²) in [6, 6.07) is 5.48. The number of ether oxygens (including phenoxy) is 1. The molecule has 1 aromatic carbocycles. The molecule has 0 aliphatic carbocycles. The van der Waals surface area contributed by atoms with Crippen LogP contribution in [0, 0.1) is 0 Å². The Balaban J connectivity index is 3.12. The van der Waals surface area contributed by atoms with Crippen LogP contribution in [0.1, 0.15) is 25.5 Å². The number of carbonyl (C=O) groups is 1. The standard InChI is InChI=1S/C10H8Br4O2/c1-5(15)16-6-2-3-7(9(11)12)8(4-6)10(13)14/h2-4,9-10H,1H3. The quantitative estimate of drug-likeness (QED) is 0.339. The molecule has 1 aromatic rings. The van der Waals surface area contributed by atoms with Crippen molar-refractivity contribution in [1.82, 2.24) is 0 Å².